The Morgan fingerprint density at radius 2 is 1.71 bits per heavy atom. The predicted molar refractivity (Wildman–Crippen MR) is 126 cm³/mol. The monoisotopic (exact) mass is 498 g/mol. The van der Waals surface area contributed by atoms with Gasteiger partial charge in [0.1, 0.15) is 5.82 Å². The van der Waals surface area contributed by atoms with Crippen molar-refractivity contribution in [1.82, 2.24) is 14.9 Å². The minimum Gasteiger partial charge on any atom is -0.348 e. The molecule has 0 bridgehead atoms. The molecule has 3 aromatic rings. The van der Waals surface area contributed by atoms with E-state index in [0.29, 0.717) is 44.6 Å². The van der Waals surface area contributed by atoms with Crippen LogP contribution in [0.2, 0.25) is 0 Å². The molecule has 1 amide bonds. The van der Waals surface area contributed by atoms with Crippen LogP contribution < -0.4 is 4.90 Å². The Balaban J connectivity index is 1.19. The van der Waals surface area contributed by atoms with Gasteiger partial charge in [-0.05, 0) is 41.8 Å². The molecular formula is C25H21F3N4O2S. The lowest BCUT2D eigenvalue weighted by Gasteiger charge is -2.24. The number of hydrogen-bond donors (Lipinski definition) is 0. The number of nitrogens with zero attached hydrogens (tertiary/aromatic N) is 4. The lowest BCUT2D eigenvalue weighted by molar-refractivity contribution is -0.138. The number of rotatable bonds is 6. The number of carbonyl (C=O) groups is 2. The van der Waals surface area contributed by atoms with E-state index in [1.807, 2.05) is 11.0 Å². The van der Waals surface area contributed by atoms with Gasteiger partial charge in [-0.2, -0.15) is 13.2 Å². The molecule has 0 aliphatic carbocycles. The summed E-state index contributed by atoms with van der Waals surface area (Å²) in [5.74, 6) is 0.129. The van der Waals surface area contributed by atoms with E-state index in [2.05, 4.69) is 9.97 Å². The highest BCUT2D eigenvalue weighted by molar-refractivity contribution is 7.09. The van der Waals surface area contributed by atoms with Gasteiger partial charge in [0.15, 0.2) is 5.78 Å². The molecule has 0 atom stereocenters. The first kappa shape index (κ1) is 23.2. The normalized spacial score (nSPS) is 15.6. The third-order valence-electron chi connectivity index (χ3n) is 6.25. The number of hydrogen-bond acceptors (Lipinski definition) is 6. The fraction of sp³-hybridized carbons (Fsp3) is 0.280. The van der Waals surface area contributed by atoms with Gasteiger partial charge in [-0.3, -0.25) is 14.6 Å². The zero-order valence-electron chi connectivity index (χ0n) is 18.6. The van der Waals surface area contributed by atoms with Crippen LogP contribution in [0.5, 0.6) is 0 Å². The maximum Gasteiger partial charge on any atom is 0.417 e. The number of halogens is 3. The molecule has 2 aromatic heterocycles. The Hall–Kier alpha value is -3.53. The summed E-state index contributed by atoms with van der Waals surface area (Å²) in [5, 5.41) is 0. The molecule has 0 saturated carbocycles. The van der Waals surface area contributed by atoms with E-state index >= 15 is 0 Å². The fourth-order valence-electron chi connectivity index (χ4n) is 4.46. The number of benzene rings is 1. The van der Waals surface area contributed by atoms with Crippen LogP contribution in [0.4, 0.5) is 19.0 Å². The minimum atomic E-state index is -4.58. The van der Waals surface area contributed by atoms with Crippen molar-refractivity contribution in [2.45, 2.75) is 19.0 Å². The lowest BCUT2D eigenvalue weighted by Crippen LogP contribution is -2.35. The number of aromatic nitrogens is 2. The highest BCUT2D eigenvalue weighted by Crippen LogP contribution is 2.34. The van der Waals surface area contributed by atoms with Gasteiger partial charge in [-0.1, -0.05) is 12.1 Å². The van der Waals surface area contributed by atoms with E-state index in [0.717, 1.165) is 27.9 Å². The number of pyridine rings is 1. The lowest BCUT2D eigenvalue weighted by atomic mass is 10.1. The SMILES string of the molecule is O=C(CCc1cncs1)c1ccc(N2CC3=C(CN(C(=O)c4ccccc4C(F)(F)F)C3)C2)nc1. The number of carbonyl (C=O) groups excluding carboxylic acids is 2. The van der Waals surface area contributed by atoms with Crippen molar-refractivity contribution >= 4 is 28.8 Å². The first-order chi connectivity index (χ1) is 16.8. The van der Waals surface area contributed by atoms with Gasteiger partial charge in [-0.15, -0.1) is 11.3 Å². The number of thiazole rings is 1. The van der Waals surface area contributed by atoms with Crippen LogP contribution in [0, 0.1) is 0 Å². The van der Waals surface area contributed by atoms with Crippen molar-refractivity contribution in [3.63, 3.8) is 0 Å². The molecular weight excluding hydrogens is 477 g/mol. The summed E-state index contributed by atoms with van der Waals surface area (Å²) in [5.41, 5.74) is 3.11. The quantitative estimate of drug-likeness (QED) is 0.366. The number of ketones is 1. The number of aryl methyl sites for hydroxylation is 1. The van der Waals surface area contributed by atoms with Gasteiger partial charge in [-0.25, -0.2) is 4.98 Å². The first-order valence-electron chi connectivity index (χ1n) is 11.1. The van der Waals surface area contributed by atoms with Crippen molar-refractivity contribution in [3.8, 4) is 0 Å². The molecule has 1 aromatic carbocycles. The van der Waals surface area contributed by atoms with Crippen molar-refractivity contribution in [2.75, 3.05) is 31.1 Å². The fourth-order valence-corrected chi connectivity index (χ4v) is 5.06. The van der Waals surface area contributed by atoms with Crippen molar-refractivity contribution < 1.29 is 22.8 Å². The summed E-state index contributed by atoms with van der Waals surface area (Å²) in [6, 6.07) is 8.47. The summed E-state index contributed by atoms with van der Waals surface area (Å²) < 4.78 is 40.0. The highest BCUT2D eigenvalue weighted by Gasteiger charge is 2.38. The number of alkyl halides is 3. The molecule has 0 unspecified atom stereocenters. The molecule has 180 valence electrons. The van der Waals surface area contributed by atoms with Crippen LogP contribution in [-0.4, -0.2) is 52.7 Å². The number of amides is 1. The molecule has 0 spiro atoms. The van der Waals surface area contributed by atoms with E-state index in [1.54, 1.807) is 24.0 Å². The summed E-state index contributed by atoms with van der Waals surface area (Å²) >= 11 is 1.52. The van der Waals surface area contributed by atoms with Gasteiger partial charge < -0.3 is 9.80 Å². The molecule has 2 aliphatic heterocycles. The second-order valence-electron chi connectivity index (χ2n) is 8.56. The van der Waals surface area contributed by atoms with Crippen molar-refractivity contribution in [1.29, 1.82) is 0 Å². The molecule has 6 nitrogen and oxygen atoms in total. The Morgan fingerprint density at radius 3 is 2.34 bits per heavy atom. The molecule has 5 rings (SSSR count). The van der Waals surface area contributed by atoms with Crippen molar-refractivity contribution in [2.24, 2.45) is 0 Å². The summed E-state index contributed by atoms with van der Waals surface area (Å²) in [7, 11) is 0. The number of Topliss-reactive ketones (excluding diaryl/α,β-unsaturated/α-hetero) is 1. The Kier molecular flexibility index (Phi) is 6.14. The third kappa shape index (κ3) is 4.84. The van der Waals surface area contributed by atoms with Gasteiger partial charge in [0.05, 0.1) is 16.6 Å². The number of anilines is 1. The van der Waals surface area contributed by atoms with Crippen LogP contribution in [-0.2, 0) is 12.6 Å². The van der Waals surface area contributed by atoms with E-state index in [4.69, 9.17) is 0 Å². The van der Waals surface area contributed by atoms with Gasteiger partial charge in [0, 0.05) is 55.4 Å². The van der Waals surface area contributed by atoms with Crippen LogP contribution >= 0.6 is 11.3 Å². The highest BCUT2D eigenvalue weighted by atomic mass is 32.1. The van der Waals surface area contributed by atoms with Gasteiger partial charge in [0.2, 0.25) is 0 Å². The van der Waals surface area contributed by atoms with E-state index in [-0.39, 0.29) is 11.3 Å². The van der Waals surface area contributed by atoms with Gasteiger partial charge in [0.25, 0.3) is 5.91 Å². The second-order valence-corrected chi connectivity index (χ2v) is 9.53. The molecule has 0 fully saturated rings. The van der Waals surface area contributed by atoms with Crippen LogP contribution in [0.15, 0.2) is 65.4 Å². The second kappa shape index (κ2) is 9.26. The predicted octanol–water partition coefficient (Wildman–Crippen LogP) is 4.65. The van der Waals surface area contributed by atoms with Crippen LogP contribution in [0.1, 0.15) is 37.6 Å². The molecule has 0 saturated heterocycles. The standard InChI is InChI=1S/C25H21F3N4O2S/c26-25(27,28)21-4-2-1-3-20(21)24(34)32-13-17-11-31(12-18(17)14-32)23-8-5-16(9-30-23)22(33)7-6-19-10-29-15-35-19/h1-5,8-10,15H,6-7,11-14H2. The molecule has 10 heteroatoms. The molecule has 2 aliphatic rings. The summed E-state index contributed by atoms with van der Waals surface area (Å²) in [6.45, 7) is 1.69. The maximum atomic E-state index is 13.3. The molecule has 35 heavy (non-hydrogen) atoms. The average molecular weight is 499 g/mol. The third-order valence-corrected chi connectivity index (χ3v) is 7.09. The van der Waals surface area contributed by atoms with Crippen molar-refractivity contribution in [3.05, 3.63) is 87.0 Å². The zero-order valence-corrected chi connectivity index (χ0v) is 19.4. The zero-order chi connectivity index (χ0) is 24.6. The van der Waals surface area contributed by atoms with Crippen LogP contribution in [0.25, 0.3) is 0 Å². The Labute approximate surface area is 203 Å². The smallest absolute Gasteiger partial charge is 0.348 e. The van der Waals surface area contributed by atoms with E-state index in [9.17, 15) is 22.8 Å². The van der Waals surface area contributed by atoms with E-state index in [1.165, 1.54) is 34.4 Å². The Morgan fingerprint density at radius 1 is 0.971 bits per heavy atom. The minimum absolute atomic E-state index is 0.0211. The summed E-state index contributed by atoms with van der Waals surface area (Å²) in [4.78, 5) is 38.4. The Bertz CT molecular complexity index is 1270. The van der Waals surface area contributed by atoms with E-state index < -0.39 is 17.6 Å². The average Bonchev–Trinajstić information content (AvgIpc) is 3.58. The largest absolute Gasteiger partial charge is 0.417 e. The summed E-state index contributed by atoms with van der Waals surface area (Å²) in [6.07, 6.45) is -0.194. The van der Waals surface area contributed by atoms with Crippen LogP contribution in [0.3, 0.4) is 0 Å². The molecule has 0 N–H and O–H groups in total. The first-order valence-corrected chi connectivity index (χ1v) is 11.9. The molecule has 4 heterocycles. The van der Waals surface area contributed by atoms with Gasteiger partial charge >= 0.3 is 6.18 Å². The molecule has 0 radical (unpaired) electrons. The maximum absolute atomic E-state index is 13.3. The topological polar surface area (TPSA) is 66.4 Å².